The van der Waals surface area contributed by atoms with E-state index in [0.717, 1.165) is 17.8 Å². The zero-order valence-electron chi connectivity index (χ0n) is 14.8. The van der Waals surface area contributed by atoms with Crippen molar-refractivity contribution in [3.8, 4) is 0 Å². The van der Waals surface area contributed by atoms with Crippen LogP contribution in [0.15, 0.2) is 47.7 Å². The van der Waals surface area contributed by atoms with Gasteiger partial charge in [-0.05, 0) is 32.2 Å². The number of nitrogens with two attached hydrogens (primary N) is 1. The minimum Gasteiger partial charge on any atom is -0.366 e. The van der Waals surface area contributed by atoms with Crippen LogP contribution >= 0.6 is 0 Å². The molecule has 0 aliphatic heterocycles. The number of aromatic nitrogens is 3. The van der Waals surface area contributed by atoms with E-state index in [1.165, 1.54) is 6.07 Å². The standard InChI is InChI=1S/C19H21N5O2/c1-12(7-14-10-21-5-6-22-14)24(2)11-15-9-18(25)16-8-13(19(20)26)3-4-17(16)23-15/h3-6,8-10,12H,7,11H2,1-2H3,(H2,20,26)(H,23,25)/t12-/m0/s1. The Kier molecular flexibility index (Phi) is 5.09. The summed E-state index contributed by atoms with van der Waals surface area (Å²) in [6.45, 7) is 2.69. The highest BCUT2D eigenvalue weighted by Gasteiger charge is 2.13. The molecule has 0 fully saturated rings. The maximum atomic E-state index is 12.4. The SMILES string of the molecule is C[C@@H](Cc1cnccn1)N(C)Cc1cc(=O)c2cc(C(N)=O)ccc2[nH]1. The Bertz CT molecular complexity index is 984. The predicted molar refractivity (Wildman–Crippen MR) is 99.8 cm³/mol. The zero-order valence-corrected chi connectivity index (χ0v) is 14.8. The highest BCUT2D eigenvalue weighted by atomic mass is 16.1. The van der Waals surface area contributed by atoms with Gasteiger partial charge in [0.25, 0.3) is 0 Å². The number of carbonyl (C=O) groups is 1. The van der Waals surface area contributed by atoms with Gasteiger partial charge in [0.1, 0.15) is 0 Å². The summed E-state index contributed by atoms with van der Waals surface area (Å²) in [4.78, 5) is 37.5. The number of hydrogen-bond donors (Lipinski definition) is 2. The summed E-state index contributed by atoms with van der Waals surface area (Å²) in [6, 6.07) is 6.65. The normalized spacial score (nSPS) is 12.4. The van der Waals surface area contributed by atoms with Crippen LogP contribution in [0, 0.1) is 0 Å². The number of pyridine rings is 1. The van der Waals surface area contributed by atoms with Gasteiger partial charge in [-0.2, -0.15) is 0 Å². The molecule has 7 heteroatoms. The molecule has 2 aromatic heterocycles. The number of nitrogens with zero attached hydrogens (tertiary/aromatic N) is 3. The van der Waals surface area contributed by atoms with E-state index in [2.05, 4.69) is 26.8 Å². The average Bonchev–Trinajstić information content (AvgIpc) is 2.62. The lowest BCUT2D eigenvalue weighted by molar-refractivity contribution is 0.100. The molecule has 0 aliphatic carbocycles. The van der Waals surface area contributed by atoms with Gasteiger partial charge in [0.05, 0.1) is 5.69 Å². The number of H-pyrrole nitrogens is 1. The van der Waals surface area contributed by atoms with Gasteiger partial charge in [0, 0.05) is 65.8 Å². The van der Waals surface area contributed by atoms with Gasteiger partial charge in [-0.25, -0.2) is 0 Å². The third-order valence-corrected chi connectivity index (χ3v) is 4.46. The lowest BCUT2D eigenvalue weighted by atomic mass is 10.1. The van der Waals surface area contributed by atoms with Crippen LogP contribution < -0.4 is 11.2 Å². The number of benzene rings is 1. The highest BCUT2D eigenvalue weighted by Crippen LogP contribution is 2.13. The summed E-state index contributed by atoms with van der Waals surface area (Å²) in [7, 11) is 2.00. The fourth-order valence-corrected chi connectivity index (χ4v) is 2.86. The maximum absolute atomic E-state index is 12.4. The van der Waals surface area contributed by atoms with Gasteiger partial charge in [-0.1, -0.05) is 0 Å². The van der Waals surface area contributed by atoms with Crippen LogP contribution in [0.3, 0.4) is 0 Å². The third-order valence-electron chi connectivity index (χ3n) is 4.46. The van der Waals surface area contributed by atoms with E-state index in [4.69, 9.17) is 5.73 Å². The van der Waals surface area contributed by atoms with Crippen LogP contribution in [0.25, 0.3) is 10.9 Å². The van der Waals surface area contributed by atoms with Crippen molar-refractivity contribution in [2.45, 2.75) is 25.9 Å². The number of fused-ring (bicyclic) bond motifs is 1. The molecule has 0 spiro atoms. The van der Waals surface area contributed by atoms with Crippen LogP contribution in [-0.2, 0) is 13.0 Å². The Morgan fingerprint density at radius 1 is 1.31 bits per heavy atom. The molecule has 1 aromatic carbocycles. The van der Waals surface area contributed by atoms with Gasteiger partial charge >= 0.3 is 0 Å². The van der Waals surface area contributed by atoms with E-state index in [1.807, 2.05) is 7.05 Å². The van der Waals surface area contributed by atoms with Crippen LogP contribution in [-0.4, -0.2) is 38.8 Å². The Morgan fingerprint density at radius 3 is 2.81 bits per heavy atom. The van der Waals surface area contributed by atoms with E-state index in [9.17, 15) is 9.59 Å². The number of aromatic amines is 1. The lowest BCUT2D eigenvalue weighted by Crippen LogP contribution is -2.31. The minimum atomic E-state index is -0.548. The van der Waals surface area contributed by atoms with Crippen LogP contribution in [0.5, 0.6) is 0 Å². The largest absolute Gasteiger partial charge is 0.366 e. The number of likely N-dealkylation sites (N-methyl/N-ethyl adjacent to an activating group) is 1. The number of nitrogens with one attached hydrogen (secondary N) is 1. The predicted octanol–water partition coefficient (Wildman–Crippen LogP) is 1.48. The van der Waals surface area contributed by atoms with Gasteiger partial charge in [0.2, 0.25) is 5.91 Å². The molecule has 0 saturated carbocycles. The third kappa shape index (κ3) is 3.94. The molecule has 0 aliphatic rings. The molecule has 1 amide bonds. The van der Waals surface area contributed by atoms with Crippen molar-refractivity contribution in [1.29, 1.82) is 0 Å². The van der Waals surface area contributed by atoms with E-state index < -0.39 is 5.91 Å². The average molecular weight is 351 g/mol. The second kappa shape index (κ2) is 7.45. The van der Waals surface area contributed by atoms with Gasteiger partial charge in [0.15, 0.2) is 5.43 Å². The number of amides is 1. The van der Waals surface area contributed by atoms with Crippen molar-refractivity contribution < 1.29 is 4.79 Å². The smallest absolute Gasteiger partial charge is 0.248 e. The van der Waals surface area contributed by atoms with E-state index in [-0.39, 0.29) is 11.5 Å². The molecule has 3 N–H and O–H groups in total. The molecule has 0 radical (unpaired) electrons. The summed E-state index contributed by atoms with van der Waals surface area (Å²) >= 11 is 0. The quantitative estimate of drug-likeness (QED) is 0.700. The summed E-state index contributed by atoms with van der Waals surface area (Å²) in [5.41, 5.74) is 7.90. The fraction of sp³-hybridized carbons (Fsp3) is 0.263. The van der Waals surface area contributed by atoms with Crippen LogP contribution in [0.1, 0.15) is 28.7 Å². The second-order valence-corrected chi connectivity index (χ2v) is 6.45. The Balaban J connectivity index is 1.79. The van der Waals surface area contributed by atoms with Gasteiger partial charge < -0.3 is 10.7 Å². The zero-order chi connectivity index (χ0) is 18.7. The summed E-state index contributed by atoms with van der Waals surface area (Å²) in [5, 5.41) is 0.459. The van der Waals surface area contributed by atoms with E-state index in [0.29, 0.717) is 23.0 Å². The summed E-state index contributed by atoms with van der Waals surface area (Å²) < 4.78 is 0. The Morgan fingerprint density at radius 2 is 2.12 bits per heavy atom. The number of primary amides is 1. The molecule has 3 rings (SSSR count). The van der Waals surface area contributed by atoms with Gasteiger partial charge in [-0.3, -0.25) is 24.5 Å². The number of hydrogen-bond acceptors (Lipinski definition) is 5. The second-order valence-electron chi connectivity index (χ2n) is 6.45. The van der Waals surface area contributed by atoms with Gasteiger partial charge in [-0.15, -0.1) is 0 Å². The molecule has 0 saturated heterocycles. The van der Waals surface area contributed by atoms with Crippen molar-refractivity contribution >= 4 is 16.8 Å². The topological polar surface area (TPSA) is 105 Å². The molecule has 2 heterocycles. The first kappa shape index (κ1) is 17.8. The van der Waals surface area contributed by atoms with Crippen molar-refractivity contribution in [2.24, 2.45) is 5.73 Å². The lowest BCUT2D eigenvalue weighted by Gasteiger charge is -2.24. The Hall–Kier alpha value is -3.06. The molecule has 134 valence electrons. The molecular formula is C19H21N5O2. The van der Waals surface area contributed by atoms with Crippen LogP contribution in [0.4, 0.5) is 0 Å². The molecule has 1 atom stereocenters. The highest BCUT2D eigenvalue weighted by molar-refractivity contribution is 5.96. The number of carbonyl (C=O) groups excluding carboxylic acids is 1. The first-order valence-electron chi connectivity index (χ1n) is 8.35. The molecular weight excluding hydrogens is 330 g/mol. The molecule has 26 heavy (non-hydrogen) atoms. The van der Waals surface area contributed by atoms with Crippen molar-refractivity contribution in [1.82, 2.24) is 19.9 Å². The first-order valence-corrected chi connectivity index (χ1v) is 8.35. The summed E-state index contributed by atoms with van der Waals surface area (Å²) in [5.74, 6) is -0.548. The number of rotatable bonds is 6. The fourth-order valence-electron chi connectivity index (χ4n) is 2.86. The first-order chi connectivity index (χ1) is 12.4. The van der Waals surface area contributed by atoms with E-state index in [1.54, 1.807) is 36.8 Å². The molecule has 0 unspecified atom stereocenters. The van der Waals surface area contributed by atoms with Crippen molar-refractivity contribution in [2.75, 3.05) is 7.05 Å². The van der Waals surface area contributed by atoms with E-state index >= 15 is 0 Å². The Labute approximate surface area is 150 Å². The maximum Gasteiger partial charge on any atom is 0.248 e. The van der Waals surface area contributed by atoms with Crippen LogP contribution in [0.2, 0.25) is 0 Å². The van der Waals surface area contributed by atoms with Crippen molar-refractivity contribution in [3.63, 3.8) is 0 Å². The summed E-state index contributed by atoms with van der Waals surface area (Å²) in [6.07, 6.45) is 5.87. The molecule has 3 aromatic rings. The molecule has 7 nitrogen and oxygen atoms in total. The van der Waals surface area contributed by atoms with Crippen molar-refractivity contribution in [3.05, 3.63) is 70.0 Å². The monoisotopic (exact) mass is 351 g/mol. The minimum absolute atomic E-state index is 0.133. The molecule has 0 bridgehead atoms.